The van der Waals surface area contributed by atoms with E-state index in [-0.39, 0.29) is 12.1 Å². The first-order valence-electron chi connectivity index (χ1n) is 13.2. The molecule has 0 aromatic carbocycles. The molecule has 3 heterocycles. The summed E-state index contributed by atoms with van der Waals surface area (Å²) in [6, 6.07) is 2.30. The topological polar surface area (TPSA) is 85.4 Å². The predicted molar refractivity (Wildman–Crippen MR) is 146 cm³/mol. The summed E-state index contributed by atoms with van der Waals surface area (Å²) < 4.78 is 10.8. The highest BCUT2D eigenvalue weighted by molar-refractivity contribution is 7.14. The lowest BCUT2D eigenvalue weighted by Crippen LogP contribution is -2.40. The van der Waals surface area contributed by atoms with Gasteiger partial charge in [0.2, 0.25) is 0 Å². The summed E-state index contributed by atoms with van der Waals surface area (Å²) in [6.07, 6.45) is 9.84. The Balaban J connectivity index is 1.24. The number of thiazole rings is 1. The van der Waals surface area contributed by atoms with Crippen LogP contribution >= 0.6 is 22.9 Å². The van der Waals surface area contributed by atoms with E-state index in [1.165, 1.54) is 0 Å². The van der Waals surface area contributed by atoms with Crippen LogP contribution < -0.4 is 10.6 Å². The molecule has 7 nitrogen and oxygen atoms in total. The van der Waals surface area contributed by atoms with Crippen LogP contribution in [-0.2, 0) is 15.9 Å². The Morgan fingerprint density at radius 1 is 1.17 bits per heavy atom. The standard InChI is InChI=1S/C27H39ClN4O3S/c1-27(2,3)35-26(33)31-20-7-4-18(5-8-20)6-9-21-14-22(23(28)16-29-21)24-17-36-25(32-24)30-15-19-10-12-34-13-11-19/h14,16-20H,4-13,15H2,1-3H3,(H,30,32)(H,31,33). The largest absolute Gasteiger partial charge is 0.444 e. The first kappa shape index (κ1) is 27.1. The van der Waals surface area contributed by atoms with Gasteiger partial charge in [-0.25, -0.2) is 9.78 Å². The van der Waals surface area contributed by atoms with Gasteiger partial charge in [-0.2, -0.15) is 0 Å². The van der Waals surface area contributed by atoms with Crippen molar-refractivity contribution in [1.29, 1.82) is 0 Å². The number of alkyl carbamates (subject to hydrolysis) is 1. The lowest BCUT2D eigenvalue weighted by atomic mass is 9.83. The average molecular weight is 535 g/mol. The van der Waals surface area contributed by atoms with Crippen LogP contribution in [0.1, 0.15) is 71.4 Å². The summed E-state index contributed by atoms with van der Waals surface area (Å²) in [4.78, 5) is 21.4. The van der Waals surface area contributed by atoms with Gasteiger partial charge in [-0.1, -0.05) is 11.6 Å². The quantitative estimate of drug-likeness (QED) is 0.391. The van der Waals surface area contributed by atoms with Gasteiger partial charge >= 0.3 is 6.09 Å². The molecule has 2 fully saturated rings. The second-order valence-corrected chi connectivity index (χ2v) is 12.3. The molecule has 36 heavy (non-hydrogen) atoms. The van der Waals surface area contributed by atoms with E-state index in [0.29, 0.717) is 16.9 Å². The van der Waals surface area contributed by atoms with E-state index >= 15 is 0 Å². The van der Waals surface area contributed by atoms with E-state index in [9.17, 15) is 4.79 Å². The fourth-order valence-corrected chi connectivity index (χ4v) is 5.82. The minimum Gasteiger partial charge on any atom is -0.444 e. The first-order valence-corrected chi connectivity index (χ1v) is 14.4. The van der Waals surface area contributed by atoms with E-state index in [1.54, 1.807) is 17.5 Å². The van der Waals surface area contributed by atoms with Crippen molar-refractivity contribution in [1.82, 2.24) is 15.3 Å². The predicted octanol–water partition coefficient (Wildman–Crippen LogP) is 6.71. The summed E-state index contributed by atoms with van der Waals surface area (Å²) in [7, 11) is 0. The summed E-state index contributed by atoms with van der Waals surface area (Å²) in [5, 5.41) is 10.2. The zero-order chi connectivity index (χ0) is 25.5. The Kier molecular flexibility index (Phi) is 9.47. The molecular formula is C27H39ClN4O3S. The van der Waals surface area contributed by atoms with E-state index in [4.69, 9.17) is 26.1 Å². The Hall–Kier alpha value is -1.90. The van der Waals surface area contributed by atoms with Crippen molar-refractivity contribution in [3.05, 3.63) is 28.4 Å². The summed E-state index contributed by atoms with van der Waals surface area (Å²) in [5.74, 6) is 1.29. The molecule has 0 unspecified atom stereocenters. The number of nitrogens with zero attached hydrogens (tertiary/aromatic N) is 2. The first-order chi connectivity index (χ1) is 17.2. The SMILES string of the molecule is CC(C)(C)OC(=O)NC1CCC(CCc2cc(-c3csc(NCC4CCOCC4)n3)c(Cl)cn2)CC1. The molecule has 2 aromatic heterocycles. The smallest absolute Gasteiger partial charge is 0.407 e. The van der Waals surface area contributed by atoms with Crippen molar-refractivity contribution in [2.75, 3.05) is 25.1 Å². The number of carbonyl (C=O) groups excluding carboxylic acids is 1. The molecule has 0 radical (unpaired) electrons. The Bertz CT molecular complexity index is 995. The van der Waals surface area contributed by atoms with Gasteiger partial charge in [0, 0.05) is 48.6 Å². The zero-order valence-corrected chi connectivity index (χ0v) is 23.2. The number of nitrogens with one attached hydrogen (secondary N) is 2. The van der Waals surface area contributed by atoms with E-state index in [2.05, 4.69) is 27.1 Å². The lowest BCUT2D eigenvalue weighted by molar-refractivity contribution is 0.0486. The molecule has 1 amide bonds. The number of aromatic nitrogens is 2. The molecule has 4 rings (SSSR count). The normalized spacial score (nSPS) is 21.2. The van der Waals surface area contributed by atoms with Gasteiger partial charge < -0.3 is 20.1 Å². The molecule has 1 saturated carbocycles. The van der Waals surface area contributed by atoms with Crippen molar-refractivity contribution in [3.63, 3.8) is 0 Å². The second-order valence-electron chi connectivity index (χ2n) is 11.0. The lowest BCUT2D eigenvalue weighted by Gasteiger charge is -2.30. The highest BCUT2D eigenvalue weighted by Crippen LogP contribution is 2.33. The molecule has 1 saturated heterocycles. The van der Waals surface area contributed by atoms with Crippen LogP contribution in [-0.4, -0.2) is 47.5 Å². The molecular weight excluding hydrogens is 496 g/mol. The molecule has 198 valence electrons. The highest BCUT2D eigenvalue weighted by atomic mass is 35.5. The maximum atomic E-state index is 12.0. The number of ether oxygens (including phenoxy) is 2. The van der Waals surface area contributed by atoms with Gasteiger partial charge in [0.05, 0.1) is 10.7 Å². The van der Waals surface area contributed by atoms with Gasteiger partial charge in [0.15, 0.2) is 5.13 Å². The van der Waals surface area contributed by atoms with Crippen LogP contribution in [0.2, 0.25) is 5.02 Å². The van der Waals surface area contributed by atoms with Gasteiger partial charge in [0.1, 0.15) is 5.60 Å². The minimum atomic E-state index is -0.465. The van der Waals surface area contributed by atoms with Crippen molar-refractivity contribution >= 4 is 34.2 Å². The molecule has 1 aliphatic heterocycles. The molecule has 9 heteroatoms. The maximum absolute atomic E-state index is 12.0. The van der Waals surface area contributed by atoms with Crippen LogP contribution in [0.3, 0.4) is 0 Å². The van der Waals surface area contributed by atoms with E-state index in [0.717, 1.165) is 93.2 Å². The molecule has 2 N–H and O–H groups in total. The Morgan fingerprint density at radius 2 is 1.92 bits per heavy atom. The van der Waals surface area contributed by atoms with Crippen molar-refractivity contribution < 1.29 is 14.3 Å². The van der Waals surface area contributed by atoms with Crippen LogP contribution in [0.5, 0.6) is 0 Å². The van der Waals surface area contributed by atoms with E-state index in [1.807, 2.05) is 20.8 Å². The van der Waals surface area contributed by atoms with Crippen LogP contribution in [0, 0.1) is 11.8 Å². The number of halogens is 1. The van der Waals surface area contributed by atoms with Crippen molar-refractivity contribution in [3.8, 4) is 11.3 Å². The zero-order valence-electron chi connectivity index (χ0n) is 21.6. The highest BCUT2D eigenvalue weighted by Gasteiger charge is 2.25. The van der Waals surface area contributed by atoms with Crippen LogP contribution in [0.25, 0.3) is 11.3 Å². The van der Waals surface area contributed by atoms with Gasteiger partial charge in [0.25, 0.3) is 0 Å². The van der Waals surface area contributed by atoms with Gasteiger partial charge in [-0.3, -0.25) is 4.98 Å². The Labute approximate surface area is 223 Å². The van der Waals surface area contributed by atoms with Crippen LogP contribution in [0.15, 0.2) is 17.6 Å². The van der Waals surface area contributed by atoms with Crippen LogP contribution in [0.4, 0.5) is 9.93 Å². The average Bonchev–Trinajstić information content (AvgIpc) is 3.31. The third-order valence-electron chi connectivity index (χ3n) is 6.95. The molecule has 2 aliphatic rings. The number of amides is 1. The molecule has 2 aromatic rings. The fourth-order valence-electron chi connectivity index (χ4n) is 4.90. The molecule has 0 bridgehead atoms. The third kappa shape index (κ3) is 8.32. The Morgan fingerprint density at radius 3 is 2.64 bits per heavy atom. The molecule has 0 atom stereocenters. The number of hydrogen-bond donors (Lipinski definition) is 2. The second kappa shape index (κ2) is 12.6. The molecule has 0 spiro atoms. The van der Waals surface area contributed by atoms with Crippen molar-refractivity contribution in [2.24, 2.45) is 11.8 Å². The monoisotopic (exact) mass is 534 g/mol. The summed E-state index contributed by atoms with van der Waals surface area (Å²) in [5.41, 5.74) is 2.43. The summed E-state index contributed by atoms with van der Waals surface area (Å²) >= 11 is 8.13. The van der Waals surface area contributed by atoms with Gasteiger partial charge in [-0.05, 0) is 90.0 Å². The third-order valence-corrected chi connectivity index (χ3v) is 8.05. The fraction of sp³-hybridized carbons (Fsp3) is 0.667. The molecule has 1 aliphatic carbocycles. The number of pyridine rings is 1. The van der Waals surface area contributed by atoms with E-state index < -0.39 is 5.60 Å². The van der Waals surface area contributed by atoms with Crippen molar-refractivity contribution in [2.45, 2.75) is 83.8 Å². The number of hydrogen-bond acceptors (Lipinski definition) is 7. The number of anilines is 1. The minimum absolute atomic E-state index is 0.204. The number of rotatable bonds is 8. The van der Waals surface area contributed by atoms with Gasteiger partial charge in [-0.15, -0.1) is 11.3 Å². The number of carbonyl (C=O) groups is 1. The summed E-state index contributed by atoms with van der Waals surface area (Å²) in [6.45, 7) is 8.31. The number of aryl methyl sites for hydroxylation is 1. The maximum Gasteiger partial charge on any atom is 0.407 e.